The molecule has 0 bridgehead atoms. The van der Waals surface area contributed by atoms with Gasteiger partial charge in [-0.3, -0.25) is 43.8 Å². The van der Waals surface area contributed by atoms with Gasteiger partial charge in [0.05, 0.1) is 22.9 Å². The van der Waals surface area contributed by atoms with Crippen molar-refractivity contribution in [1.29, 1.82) is 0 Å². The molecule has 2 saturated heterocycles. The third-order valence-corrected chi connectivity index (χ3v) is 10.2. The van der Waals surface area contributed by atoms with E-state index >= 15 is 4.39 Å². The van der Waals surface area contributed by atoms with Crippen molar-refractivity contribution in [2.45, 2.75) is 63.6 Å². The number of halogens is 3. The lowest BCUT2D eigenvalue weighted by atomic mass is 10.0. The lowest BCUT2D eigenvalue weighted by Gasteiger charge is -2.32. The zero-order valence-corrected chi connectivity index (χ0v) is 28.7. The molecule has 15 nitrogen and oxygen atoms in total. The average Bonchev–Trinajstić information content (AvgIpc) is 3.57. The Hall–Kier alpha value is -5.91. The lowest BCUT2D eigenvalue weighted by Crippen LogP contribution is -2.54. The molecule has 3 fully saturated rings. The van der Waals surface area contributed by atoms with E-state index in [1.54, 1.807) is 18.3 Å². The number of benzene rings is 1. The highest BCUT2D eigenvalue weighted by Crippen LogP contribution is 2.34. The van der Waals surface area contributed by atoms with E-state index in [4.69, 9.17) is 4.42 Å². The number of nitrogens with zero attached hydrogens (tertiary/aromatic N) is 6. The molecule has 3 N–H and O–H groups in total. The molecule has 3 aliphatic heterocycles. The largest absolute Gasteiger partial charge is 0.444 e. The molecule has 3 aromatic heterocycles. The lowest BCUT2D eigenvalue weighted by molar-refractivity contribution is -0.136. The van der Waals surface area contributed by atoms with Crippen LogP contribution in [-0.2, 0) is 16.1 Å². The second kappa shape index (κ2) is 14.1. The van der Waals surface area contributed by atoms with Crippen LogP contribution in [0.3, 0.4) is 0 Å². The number of nitrogens with one attached hydrogen (secondary N) is 3. The van der Waals surface area contributed by atoms with Gasteiger partial charge < -0.3 is 15.1 Å². The number of hydrogen-bond acceptors (Lipinski definition) is 11. The molecule has 1 atom stereocenters. The smallest absolute Gasteiger partial charge is 0.284 e. The molecule has 5 amide bonds. The maximum Gasteiger partial charge on any atom is 0.284 e. The Morgan fingerprint density at radius 3 is 2.50 bits per heavy atom. The normalized spacial score (nSPS) is 19.4. The summed E-state index contributed by atoms with van der Waals surface area (Å²) in [6.07, 6.45) is 4.37. The molecule has 6 heterocycles. The van der Waals surface area contributed by atoms with Crippen LogP contribution in [0.15, 0.2) is 47.3 Å². The minimum absolute atomic E-state index is 0.0160. The van der Waals surface area contributed by atoms with Crippen LogP contribution in [0.1, 0.15) is 93.5 Å². The van der Waals surface area contributed by atoms with Gasteiger partial charge in [-0.15, -0.1) is 0 Å². The summed E-state index contributed by atoms with van der Waals surface area (Å²) in [5.41, 5.74) is -0.272. The van der Waals surface area contributed by atoms with Crippen molar-refractivity contribution < 1.29 is 41.6 Å². The Morgan fingerprint density at radius 1 is 1.02 bits per heavy atom. The molecule has 280 valence electrons. The van der Waals surface area contributed by atoms with Crippen molar-refractivity contribution in [2.75, 3.05) is 30.3 Å². The third-order valence-electron chi connectivity index (χ3n) is 10.2. The van der Waals surface area contributed by atoms with Crippen molar-refractivity contribution in [2.24, 2.45) is 5.92 Å². The Labute approximate surface area is 305 Å². The Bertz CT molecular complexity index is 2180. The summed E-state index contributed by atoms with van der Waals surface area (Å²) >= 11 is 0. The first-order chi connectivity index (χ1) is 26.0. The van der Waals surface area contributed by atoms with Gasteiger partial charge in [-0.2, -0.15) is 5.10 Å². The zero-order chi connectivity index (χ0) is 37.7. The van der Waals surface area contributed by atoms with E-state index in [0.717, 1.165) is 23.8 Å². The van der Waals surface area contributed by atoms with Crippen molar-refractivity contribution in [3.05, 3.63) is 76.8 Å². The number of piperidine rings is 2. The van der Waals surface area contributed by atoms with Crippen LogP contribution < -0.4 is 16.0 Å². The molecule has 1 aromatic carbocycles. The van der Waals surface area contributed by atoms with E-state index < -0.39 is 53.5 Å². The fraction of sp³-hybridized carbons (Fsp3) is 0.389. The van der Waals surface area contributed by atoms with E-state index in [1.807, 2.05) is 4.90 Å². The van der Waals surface area contributed by atoms with E-state index in [0.29, 0.717) is 43.2 Å². The first kappa shape index (κ1) is 35.1. The van der Waals surface area contributed by atoms with E-state index in [1.165, 1.54) is 29.8 Å². The minimum atomic E-state index is -2.98. The van der Waals surface area contributed by atoms with Crippen LogP contribution in [-0.4, -0.2) is 84.8 Å². The summed E-state index contributed by atoms with van der Waals surface area (Å²) in [5, 5.41) is 12.0. The Balaban J connectivity index is 0.897. The van der Waals surface area contributed by atoms with Crippen molar-refractivity contribution >= 4 is 41.0 Å². The number of rotatable bonds is 11. The molecule has 4 aromatic rings. The highest BCUT2D eigenvalue weighted by Gasteiger charge is 2.45. The van der Waals surface area contributed by atoms with E-state index in [-0.39, 0.29) is 59.4 Å². The molecule has 18 heteroatoms. The number of likely N-dealkylation sites (tertiary alicyclic amines) is 1. The van der Waals surface area contributed by atoms with Crippen LogP contribution >= 0.6 is 0 Å². The van der Waals surface area contributed by atoms with Gasteiger partial charge in [0.25, 0.3) is 24.1 Å². The maximum atomic E-state index is 15.3. The molecule has 0 spiro atoms. The summed E-state index contributed by atoms with van der Waals surface area (Å²) in [6.45, 7) is 1.77. The first-order valence-electron chi connectivity index (χ1n) is 17.6. The fourth-order valence-corrected chi connectivity index (χ4v) is 7.02. The maximum absolute atomic E-state index is 15.3. The zero-order valence-electron chi connectivity index (χ0n) is 28.7. The number of anilines is 2. The summed E-state index contributed by atoms with van der Waals surface area (Å²) in [5.74, 6) is -2.77. The average molecular weight is 746 g/mol. The number of carbonyl (C=O) groups excluding carboxylic acids is 5. The van der Waals surface area contributed by atoms with Crippen molar-refractivity contribution in [3.63, 3.8) is 0 Å². The minimum Gasteiger partial charge on any atom is -0.444 e. The number of amides is 5. The quantitative estimate of drug-likeness (QED) is 0.186. The van der Waals surface area contributed by atoms with Gasteiger partial charge in [0, 0.05) is 56.1 Å². The Kier molecular flexibility index (Phi) is 9.21. The molecule has 8 rings (SSSR count). The molecule has 4 aliphatic rings. The van der Waals surface area contributed by atoms with Gasteiger partial charge in [0.2, 0.25) is 17.7 Å². The highest BCUT2D eigenvalue weighted by atomic mass is 19.3. The summed E-state index contributed by atoms with van der Waals surface area (Å²) < 4.78 is 50.4. The monoisotopic (exact) mass is 745 g/mol. The number of aromatic nitrogens is 4. The molecular formula is C36H34F3N9O6. The van der Waals surface area contributed by atoms with Crippen LogP contribution in [0.5, 0.6) is 0 Å². The number of fused-ring (bicyclic) bond motifs is 1. The molecule has 1 unspecified atom stereocenters. The fourth-order valence-electron chi connectivity index (χ4n) is 7.02. The highest BCUT2D eigenvalue weighted by molar-refractivity contribution is 6.23. The second-order valence-electron chi connectivity index (χ2n) is 13.9. The van der Waals surface area contributed by atoms with Gasteiger partial charge in [0.1, 0.15) is 23.9 Å². The van der Waals surface area contributed by atoms with Crippen LogP contribution in [0.2, 0.25) is 0 Å². The van der Waals surface area contributed by atoms with Gasteiger partial charge in [-0.25, -0.2) is 23.1 Å². The molecule has 0 radical (unpaired) electrons. The van der Waals surface area contributed by atoms with E-state index in [2.05, 4.69) is 31.0 Å². The Morgan fingerprint density at radius 2 is 1.78 bits per heavy atom. The second-order valence-corrected chi connectivity index (χ2v) is 13.9. The number of hydrogen-bond donors (Lipinski definition) is 3. The summed E-state index contributed by atoms with van der Waals surface area (Å²) in [6, 6.07) is 4.29. The standard InChI is InChI=1S/C36H34F3N9O6/c37-24-13-23-22(35(52)48(36(23)53)27-3-4-29(49)44-33(27)51)11-20(24)15-46-9-6-21(7-10-46)47-16-25(30(45-47)31(38)39)42-32(50)26-17-54-34(43-26)19-5-8-40-28(12-19)41-14-18-1-2-18/h5,8,11-13,16-18,21,27,31H,1-4,6-7,9-10,14-15H2,(H,40,41)(H,42,50)(H,44,49,51). The number of carbonyl (C=O) groups is 5. The summed E-state index contributed by atoms with van der Waals surface area (Å²) in [7, 11) is 0. The number of imide groups is 2. The van der Waals surface area contributed by atoms with Gasteiger partial charge in [-0.1, -0.05) is 0 Å². The van der Waals surface area contributed by atoms with Gasteiger partial charge >= 0.3 is 0 Å². The number of alkyl halides is 2. The predicted molar refractivity (Wildman–Crippen MR) is 183 cm³/mol. The van der Waals surface area contributed by atoms with Gasteiger partial charge in [0.15, 0.2) is 11.4 Å². The van der Waals surface area contributed by atoms with Crippen LogP contribution in [0.25, 0.3) is 11.5 Å². The van der Waals surface area contributed by atoms with Gasteiger partial charge in [-0.05, 0) is 62.3 Å². The SMILES string of the molecule is O=C1CCC(N2C(=O)c3cc(F)c(CN4CCC(n5cc(NC(=O)c6coc(-c7ccnc(NCC8CC8)c7)n6)c(C(F)F)n5)CC4)cc3C2=O)C(=O)N1. The molecule has 1 saturated carbocycles. The first-order valence-corrected chi connectivity index (χ1v) is 17.6. The molecular weight excluding hydrogens is 711 g/mol. The summed E-state index contributed by atoms with van der Waals surface area (Å²) in [4.78, 5) is 74.6. The van der Waals surface area contributed by atoms with Crippen molar-refractivity contribution in [1.82, 2.24) is 34.9 Å². The van der Waals surface area contributed by atoms with Crippen molar-refractivity contribution in [3.8, 4) is 11.5 Å². The van der Waals surface area contributed by atoms with Crippen LogP contribution in [0.4, 0.5) is 24.7 Å². The molecule has 1 aliphatic carbocycles. The number of pyridine rings is 1. The predicted octanol–water partition coefficient (Wildman–Crippen LogP) is 4.32. The van der Waals surface area contributed by atoms with Crippen LogP contribution in [0, 0.1) is 11.7 Å². The third kappa shape index (κ3) is 6.95. The number of oxazole rings is 1. The molecule has 54 heavy (non-hydrogen) atoms. The van der Waals surface area contributed by atoms with E-state index in [9.17, 15) is 32.8 Å². The topological polar surface area (TPSA) is 185 Å².